The zero-order valence-corrected chi connectivity index (χ0v) is 18.6. The first kappa shape index (κ1) is 22.5. The van der Waals surface area contributed by atoms with Crippen molar-refractivity contribution in [2.45, 2.75) is 24.5 Å². The number of rotatable bonds is 5. The highest BCUT2D eigenvalue weighted by atomic mass is 16.5. The topological polar surface area (TPSA) is 129 Å². The van der Waals surface area contributed by atoms with E-state index in [4.69, 9.17) is 4.74 Å². The predicted octanol–water partition coefficient (Wildman–Crippen LogP) is 3.10. The molecule has 0 spiro atoms. The van der Waals surface area contributed by atoms with E-state index in [-0.39, 0.29) is 36.9 Å². The number of carboxylic acid groups (broad SMARTS) is 1. The molecule has 3 aromatic rings. The van der Waals surface area contributed by atoms with Gasteiger partial charge in [0.05, 0.1) is 11.8 Å². The lowest BCUT2D eigenvalue weighted by Crippen LogP contribution is -2.41. The number of hydrogen-bond acceptors (Lipinski definition) is 6. The third-order valence-electron chi connectivity index (χ3n) is 6.42. The first-order chi connectivity index (χ1) is 16.9. The molecule has 1 aliphatic heterocycles. The molecule has 9 nitrogen and oxygen atoms in total. The van der Waals surface area contributed by atoms with Crippen molar-refractivity contribution in [1.29, 1.82) is 0 Å². The van der Waals surface area contributed by atoms with Gasteiger partial charge in [-0.2, -0.15) is 0 Å². The van der Waals surface area contributed by atoms with Gasteiger partial charge in [-0.15, -0.1) is 0 Å². The molecule has 178 valence electrons. The van der Waals surface area contributed by atoms with Gasteiger partial charge in [0, 0.05) is 25.1 Å². The predicted molar refractivity (Wildman–Crippen MR) is 126 cm³/mol. The second-order valence-corrected chi connectivity index (χ2v) is 8.55. The van der Waals surface area contributed by atoms with Crippen LogP contribution in [0.2, 0.25) is 0 Å². The molecular formula is C26H23N3O6. The van der Waals surface area contributed by atoms with E-state index in [0.717, 1.165) is 27.2 Å². The minimum absolute atomic E-state index is 0.0664. The summed E-state index contributed by atoms with van der Waals surface area (Å²) < 4.78 is 5.54. The highest BCUT2D eigenvalue weighted by Crippen LogP contribution is 2.44. The lowest BCUT2D eigenvalue weighted by Gasteiger charge is -2.22. The number of hydrogen-bond donors (Lipinski definition) is 3. The highest BCUT2D eigenvalue weighted by Gasteiger charge is 2.40. The number of ether oxygens (including phenoxy) is 1. The number of pyridine rings is 1. The number of nitrogens with zero attached hydrogens (tertiary/aromatic N) is 2. The average Bonchev–Trinajstić information content (AvgIpc) is 3.41. The molecule has 35 heavy (non-hydrogen) atoms. The number of likely N-dealkylation sites (tertiary alicyclic amines) is 1. The van der Waals surface area contributed by atoms with Gasteiger partial charge in [0.25, 0.3) is 5.91 Å². The van der Waals surface area contributed by atoms with Gasteiger partial charge in [0.2, 0.25) is 0 Å². The number of carboxylic acids is 1. The number of fused-ring (bicyclic) bond motifs is 3. The van der Waals surface area contributed by atoms with Crippen LogP contribution in [0.25, 0.3) is 11.1 Å². The number of β-amino-alcohol motifs (C(OH)–C–C–N with tert-alkyl or cyclic N) is 1. The first-order valence-electron chi connectivity index (χ1n) is 11.2. The van der Waals surface area contributed by atoms with E-state index < -0.39 is 30.1 Å². The van der Waals surface area contributed by atoms with E-state index in [1.54, 1.807) is 6.07 Å². The lowest BCUT2D eigenvalue weighted by atomic mass is 9.98. The number of anilines is 1. The number of carbonyl (C=O) groups excluding carboxylic acids is 2. The molecule has 1 aromatic heterocycles. The fourth-order valence-corrected chi connectivity index (χ4v) is 4.83. The molecule has 2 atom stereocenters. The Hall–Kier alpha value is -4.24. The third kappa shape index (κ3) is 4.22. The summed E-state index contributed by atoms with van der Waals surface area (Å²) in [6, 6.07) is 17.8. The Kier molecular flexibility index (Phi) is 5.92. The molecule has 1 fully saturated rings. The van der Waals surface area contributed by atoms with Crippen molar-refractivity contribution in [1.82, 2.24) is 9.88 Å². The van der Waals surface area contributed by atoms with Crippen molar-refractivity contribution in [3.8, 4) is 11.1 Å². The summed E-state index contributed by atoms with van der Waals surface area (Å²) in [4.78, 5) is 42.4. The number of benzene rings is 2. The standard InChI is InChI=1S/C26H23N3O6/c30-15-12-22(25(32)33)29(13-15)24(31)23-21(10-5-11-27-23)28-26(34)35-14-20-18-8-3-1-6-16(18)17-7-2-4-9-19(17)20/h1-11,15,20,22,30H,12-14H2,(H,28,34)(H,32,33)/t15?,22-/m0/s1. The maximum atomic E-state index is 13.0. The Morgan fingerprint density at radius 2 is 1.66 bits per heavy atom. The maximum absolute atomic E-state index is 13.0. The summed E-state index contributed by atoms with van der Waals surface area (Å²) in [5, 5.41) is 21.8. The normalized spacial score (nSPS) is 18.6. The molecule has 0 radical (unpaired) electrons. The number of aliphatic hydroxyl groups excluding tert-OH is 1. The van der Waals surface area contributed by atoms with E-state index >= 15 is 0 Å². The summed E-state index contributed by atoms with van der Waals surface area (Å²) in [5.74, 6) is -2.02. The van der Waals surface area contributed by atoms with Crippen molar-refractivity contribution >= 4 is 23.7 Å². The summed E-state index contributed by atoms with van der Waals surface area (Å²) in [6.45, 7) is -0.0282. The minimum atomic E-state index is -1.21. The van der Waals surface area contributed by atoms with E-state index in [1.807, 2.05) is 48.5 Å². The average molecular weight is 473 g/mol. The molecule has 2 aliphatic rings. The summed E-state index contributed by atoms with van der Waals surface area (Å²) in [7, 11) is 0. The van der Waals surface area contributed by atoms with Gasteiger partial charge in [-0.25, -0.2) is 14.6 Å². The van der Waals surface area contributed by atoms with Gasteiger partial charge in [-0.05, 0) is 34.4 Å². The monoisotopic (exact) mass is 473 g/mol. The molecule has 1 unspecified atom stereocenters. The van der Waals surface area contributed by atoms with Gasteiger partial charge >= 0.3 is 12.1 Å². The van der Waals surface area contributed by atoms with Gasteiger partial charge in [-0.1, -0.05) is 48.5 Å². The van der Waals surface area contributed by atoms with Gasteiger partial charge in [-0.3, -0.25) is 10.1 Å². The van der Waals surface area contributed by atoms with Crippen molar-refractivity contribution in [2.24, 2.45) is 0 Å². The fourth-order valence-electron chi connectivity index (χ4n) is 4.83. The smallest absolute Gasteiger partial charge is 0.411 e. The molecule has 9 heteroatoms. The van der Waals surface area contributed by atoms with Crippen LogP contribution in [0.5, 0.6) is 0 Å². The molecule has 1 aliphatic carbocycles. The highest BCUT2D eigenvalue weighted by molar-refractivity contribution is 6.02. The van der Waals surface area contributed by atoms with E-state index in [2.05, 4.69) is 10.3 Å². The minimum Gasteiger partial charge on any atom is -0.480 e. The second kappa shape index (κ2) is 9.19. The summed E-state index contributed by atoms with van der Waals surface area (Å²) >= 11 is 0. The molecule has 2 aromatic carbocycles. The molecule has 3 N–H and O–H groups in total. The summed E-state index contributed by atoms with van der Waals surface area (Å²) in [6.07, 6.45) is -0.394. The van der Waals surface area contributed by atoms with Crippen LogP contribution in [0.1, 0.15) is 34.0 Å². The number of aromatic nitrogens is 1. The molecule has 0 bridgehead atoms. The van der Waals surface area contributed by atoms with Crippen LogP contribution >= 0.6 is 0 Å². The van der Waals surface area contributed by atoms with Crippen LogP contribution < -0.4 is 5.32 Å². The Balaban J connectivity index is 1.31. The van der Waals surface area contributed by atoms with E-state index in [0.29, 0.717) is 0 Å². The molecule has 5 rings (SSSR count). The Bertz CT molecular complexity index is 1260. The number of amides is 2. The molecule has 2 heterocycles. The van der Waals surface area contributed by atoms with E-state index in [9.17, 15) is 24.6 Å². The van der Waals surface area contributed by atoms with Gasteiger partial charge in [0.1, 0.15) is 12.6 Å². The van der Waals surface area contributed by atoms with Gasteiger partial charge < -0.3 is 19.8 Å². The number of nitrogens with one attached hydrogen (secondary N) is 1. The van der Waals surface area contributed by atoms with E-state index in [1.165, 1.54) is 12.3 Å². The number of carbonyl (C=O) groups is 3. The van der Waals surface area contributed by atoms with Crippen LogP contribution in [0.4, 0.5) is 10.5 Å². The Morgan fingerprint density at radius 3 is 2.31 bits per heavy atom. The van der Waals surface area contributed by atoms with Crippen molar-refractivity contribution in [3.05, 3.63) is 83.7 Å². The maximum Gasteiger partial charge on any atom is 0.411 e. The fraction of sp³-hybridized carbons (Fsp3) is 0.231. The second-order valence-electron chi connectivity index (χ2n) is 8.55. The zero-order chi connectivity index (χ0) is 24.5. The van der Waals surface area contributed by atoms with Gasteiger partial charge in [0.15, 0.2) is 5.69 Å². The van der Waals surface area contributed by atoms with Crippen molar-refractivity contribution in [3.63, 3.8) is 0 Å². The SMILES string of the molecule is O=C(Nc1cccnc1C(=O)N1CC(O)C[C@H]1C(=O)O)OCC1c2ccccc2-c2ccccc21. The number of aliphatic hydroxyl groups is 1. The van der Waals surface area contributed by atoms with Crippen molar-refractivity contribution in [2.75, 3.05) is 18.5 Å². The molecule has 1 saturated heterocycles. The van der Waals surface area contributed by atoms with Crippen LogP contribution in [0, 0.1) is 0 Å². The van der Waals surface area contributed by atoms with Crippen LogP contribution in [0.3, 0.4) is 0 Å². The number of aliphatic carboxylic acids is 1. The van der Waals surface area contributed by atoms with Crippen molar-refractivity contribution < 1.29 is 29.3 Å². The largest absolute Gasteiger partial charge is 0.480 e. The van der Waals surface area contributed by atoms with Crippen LogP contribution in [0.15, 0.2) is 66.9 Å². The van der Waals surface area contributed by atoms with Crippen LogP contribution in [-0.2, 0) is 9.53 Å². The summed E-state index contributed by atoms with van der Waals surface area (Å²) in [5.41, 5.74) is 4.34. The zero-order valence-electron chi connectivity index (χ0n) is 18.6. The molecular weight excluding hydrogens is 450 g/mol. The lowest BCUT2D eigenvalue weighted by molar-refractivity contribution is -0.141. The Morgan fingerprint density at radius 1 is 1.00 bits per heavy atom. The molecule has 2 amide bonds. The first-order valence-corrected chi connectivity index (χ1v) is 11.2. The van der Waals surface area contributed by atoms with Crippen LogP contribution in [-0.4, -0.2) is 63.4 Å². The quantitative estimate of drug-likeness (QED) is 0.519. The third-order valence-corrected chi connectivity index (χ3v) is 6.42. The Labute approximate surface area is 201 Å². The molecule has 0 saturated carbocycles.